The van der Waals surface area contributed by atoms with Gasteiger partial charge in [0.1, 0.15) is 5.82 Å². The molecule has 0 spiro atoms. The third-order valence-corrected chi connectivity index (χ3v) is 5.03. The van der Waals surface area contributed by atoms with Crippen molar-refractivity contribution in [3.63, 3.8) is 0 Å². The van der Waals surface area contributed by atoms with Gasteiger partial charge >= 0.3 is 0 Å². The Balaban J connectivity index is 1.52. The van der Waals surface area contributed by atoms with E-state index in [9.17, 15) is 9.18 Å². The Morgan fingerprint density at radius 2 is 2.11 bits per heavy atom. The highest BCUT2D eigenvalue weighted by molar-refractivity contribution is 8.18. The molecule has 27 heavy (non-hydrogen) atoms. The van der Waals surface area contributed by atoms with Crippen molar-refractivity contribution in [2.75, 3.05) is 0 Å². The molecule has 3 aromatic rings. The molecule has 0 radical (unpaired) electrons. The van der Waals surface area contributed by atoms with Crippen LogP contribution in [0, 0.1) is 5.82 Å². The van der Waals surface area contributed by atoms with Gasteiger partial charge in [-0.15, -0.1) is 0 Å². The molecule has 2 aromatic heterocycles. The van der Waals surface area contributed by atoms with Crippen molar-refractivity contribution in [3.05, 3.63) is 75.7 Å². The van der Waals surface area contributed by atoms with Gasteiger partial charge < -0.3 is 5.32 Å². The molecule has 1 N–H and O–H groups in total. The average molecular weight is 399 g/mol. The summed E-state index contributed by atoms with van der Waals surface area (Å²) in [5.74, 6) is -0.705. The first-order chi connectivity index (χ1) is 13.1. The van der Waals surface area contributed by atoms with Crippen LogP contribution in [0.5, 0.6) is 0 Å². The quantitative estimate of drug-likeness (QED) is 0.672. The largest absolute Gasteiger partial charge is 0.301 e. The second-order valence-corrected chi connectivity index (χ2v) is 7.15. The van der Waals surface area contributed by atoms with Crippen molar-refractivity contribution in [1.29, 1.82) is 0 Å². The first-order valence-electron chi connectivity index (χ1n) is 7.99. The van der Waals surface area contributed by atoms with Crippen molar-refractivity contribution in [3.8, 4) is 0 Å². The van der Waals surface area contributed by atoms with Crippen LogP contribution in [0.15, 0.2) is 58.6 Å². The zero-order valence-corrected chi connectivity index (χ0v) is 15.4. The molecule has 0 aliphatic carbocycles. The summed E-state index contributed by atoms with van der Waals surface area (Å²) >= 11 is 7.00. The van der Waals surface area contributed by atoms with Gasteiger partial charge in [0.25, 0.3) is 5.91 Å². The summed E-state index contributed by atoms with van der Waals surface area (Å²) in [6.45, 7) is 0.287. The first kappa shape index (κ1) is 17.6. The highest BCUT2D eigenvalue weighted by Gasteiger charge is 2.23. The molecule has 0 saturated carbocycles. The predicted molar refractivity (Wildman–Crippen MR) is 106 cm³/mol. The van der Waals surface area contributed by atoms with E-state index in [0.717, 1.165) is 16.6 Å². The van der Waals surface area contributed by atoms with Crippen molar-refractivity contribution in [2.24, 2.45) is 4.99 Å². The monoisotopic (exact) mass is 398 g/mol. The van der Waals surface area contributed by atoms with E-state index in [4.69, 9.17) is 11.6 Å². The Morgan fingerprint density at radius 1 is 1.22 bits per heavy atom. The van der Waals surface area contributed by atoms with E-state index in [-0.39, 0.29) is 17.5 Å². The van der Waals surface area contributed by atoms with Crippen molar-refractivity contribution in [2.45, 2.75) is 6.54 Å². The van der Waals surface area contributed by atoms with Crippen LogP contribution in [-0.4, -0.2) is 21.0 Å². The number of fused-ring (bicyclic) bond motifs is 1. The van der Waals surface area contributed by atoms with E-state index in [1.165, 1.54) is 23.9 Å². The smallest absolute Gasteiger partial charge is 0.264 e. The fraction of sp³-hybridized carbons (Fsp3) is 0.0526. The summed E-state index contributed by atoms with van der Waals surface area (Å²) in [4.78, 5) is 25.7. The zero-order valence-electron chi connectivity index (χ0n) is 13.8. The van der Waals surface area contributed by atoms with Gasteiger partial charge in [0.05, 0.1) is 33.2 Å². The molecule has 134 valence electrons. The normalized spacial score (nSPS) is 17.0. The van der Waals surface area contributed by atoms with Crippen LogP contribution in [0.3, 0.4) is 0 Å². The average Bonchev–Trinajstić information content (AvgIpc) is 3.02. The Labute approximate surface area is 163 Å². The minimum atomic E-state index is -0.472. The molecule has 5 nitrogen and oxygen atoms in total. The topological polar surface area (TPSA) is 67.2 Å². The van der Waals surface area contributed by atoms with Gasteiger partial charge in [-0.25, -0.2) is 9.37 Å². The number of aliphatic imine (C=N–C) groups is 1. The molecule has 0 atom stereocenters. The van der Waals surface area contributed by atoms with Crippen LogP contribution >= 0.6 is 23.4 Å². The molecule has 1 amide bonds. The van der Waals surface area contributed by atoms with E-state index in [1.54, 1.807) is 18.3 Å². The number of pyridine rings is 2. The standard InChI is InChI=1S/C19H12ClFN4OS/c20-13-8-11(3-5-14(13)21)10-23-19-25-18(26)17(27-19)9-12-4-6-15-16(24-12)2-1-7-22-15/h1-9H,10H2,(H,23,25,26)/b17-9+. The van der Waals surface area contributed by atoms with Crippen molar-refractivity contribution < 1.29 is 9.18 Å². The maximum absolute atomic E-state index is 13.2. The van der Waals surface area contributed by atoms with E-state index in [0.29, 0.717) is 15.8 Å². The van der Waals surface area contributed by atoms with Gasteiger partial charge in [0.15, 0.2) is 5.17 Å². The maximum atomic E-state index is 13.2. The number of nitrogens with one attached hydrogen (secondary N) is 1. The molecule has 0 bridgehead atoms. The maximum Gasteiger partial charge on any atom is 0.264 e. The summed E-state index contributed by atoms with van der Waals surface area (Å²) in [5.41, 5.74) is 2.98. The second-order valence-electron chi connectivity index (χ2n) is 5.71. The lowest BCUT2D eigenvalue weighted by Crippen LogP contribution is -2.19. The summed E-state index contributed by atoms with van der Waals surface area (Å²) in [5, 5.41) is 3.25. The molecular weight excluding hydrogens is 387 g/mol. The lowest BCUT2D eigenvalue weighted by molar-refractivity contribution is -0.115. The highest BCUT2D eigenvalue weighted by atomic mass is 35.5. The first-order valence-corrected chi connectivity index (χ1v) is 9.19. The van der Waals surface area contributed by atoms with Crippen LogP contribution < -0.4 is 5.32 Å². The summed E-state index contributed by atoms with van der Waals surface area (Å²) < 4.78 is 13.2. The zero-order chi connectivity index (χ0) is 18.8. The number of benzene rings is 1. The molecule has 1 aliphatic heterocycles. The molecule has 3 heterocycles. The minimum Gasteiger partial charge on any atom is -0.301 e. The molecule has 1 fully saturated rings. The highest BCUT2D eigenvalue weighted by Crippen LogP contribution is 2.26. The fourth-order valence-corrected chi connectivity index (χ4v) is 3.50. The number of hydrogen-bond donors (Lipinski definition) is 1. The molecule has 1 aromatic carbocycles. The Morgan fingerprint density at radius 3 is 2.96 bits per heavy atom. The Kier molecular flexibility index (Phi) is 4.87. The van der Waals surface area contributed by atoms with Crippen molar-refractivity contribution >= 4 is 51.5 Å². The number of rotatable bonds is 3. The van der Waals surface area contributed by atoms with Crippen LogP contribution in [-0.2, 0) is 11.3 Å². The number of halogens is 2. The van der Waals surface area contributed by atoms with Gasteiger partial charge in [0.2, 0.25) is 0 Å². The third kappa shape index (κ3) is 3.99. The van der Waals surface area contributed by atoms with Gasteiger partial charge in [0, 0.05) is 6.20 Å². The second kappa shape index (κ2) is 7.46. The van der Waals surface area contributed by atoms with Crippen LogP contribution in [0.25, 0.3) is 17.1 Å². The van der Waals surface area contributed by atoms with Crippen LogP contribution in [0.2, 0.25) is 5.02 Å². The Hall–Kier alpha value is -2.77. The van der Waals surface area contributed by atoms with E-state index < -0.39 is 5.82 Å². The van der Waals surface area contributed by atoms with E-state index >= 15 is 0 Å². The lowest BCUT2D eigenvalue weighted by atomic mass is 10.2. The summed E-state index contributed by atoms with van der Waals surface area (Å²) in [7, 11) is 0. The molecule has 1 saturated heterocycles. The SMILES string of the molecule is O=C1NC(=NCc2ccc(F)c(Cl)c2)S/C1=C/c1ccc2ncccc2n1. The minimum absolute atomic E-state index is 0.0493. The fourth-order valence-electron chi connectivity index (χ4n) is 2.49. The molecule has 4 rings (SSSR count). The number of carbonyl (C=O) groups is 1. The number of amides is 1. The van der Waals surface area contributed by atoms with Gasteiger partial charge in [-0.2, -0.15) is 0 Å². The molecule has 0 unspecified atom stereocenters. The van der Waals surface area contributed by atoms with Crippen LogP contribution in [0.4, 0.5) is 4.39 Å². The van der Waals surface area contributed by atoms with Gasteiger partial charge in [-0.05, 0) is 59.8 Å². The third-order valence-electron chi connectivity index (χ3n) is 3.80. The number of nitrogens with zero attached hydrogens (tertiary/aromatic N) is 3. The molecular formula is C19H12ClFN4OS. The number of thioether (sulfide) groups is 1. The van der Waals surface area contributed by atoms with E-state index in [2.05, 4.69) is 20.3 Å². The molecule has 8 heteroatoms. The van der Waals surface area contributed by atoms with Crippen LogP contribution in [0.1, 0.15) is 11.3 Å². The summed E-state index contributed by atoms with van der Waals surface area (Å²) in [6, 6.07) is 11.8. The predicted octanol–water partition coefficient (Wildman–Crippen LogP) is 4.18. The lowest BCUT2D eigenvalue weighted by Gasteiger charge is -2.00. The molecule has 1 aliphatic rings. The van der Waals surface area contributed by atoms with E-state index in [1.807, 2.05) is 24.3 Å². The van der Waals surface area contributed by atoms with Gasteiger partial charge in [-0.3, -0.25) is 14.8 Å². The van der Waals surface area contributed by atoms with Crippen molar-refractivity contribution in [1.82, 2.24) is 15.3 Å². The number of aromatic nitrogens is 2. The number of carbonyl (C=O) groups excluding carboxylic acids is 1. The van der Waals surface area contributed by atoms with Gasteiger partial charge in [-0.1, -0.05) is 17.7 Å². The summed E-state index contributed by atoms with van der Waals surface area (Å²) in [6.07, 6.45) is 3.42. The number of hydrogen-bond acceptors (Lipinski definition) is 5. The Bertz CT molecular complexity index is 1120. The number of amidine groups is 1.